The lowest BCUT2D eigenvalue weighted by atomic mass is 9.96. The number of pyridine rings is 1. The van der Waals surface area contributed by atoms with E-state index < -0.39 is 5.60 Å². The summed E-state index contributed by atoms with van der Waals surface area (Å²) in [7, 11) is 0. The number of aromatic nitrogens is 1. The Morgan fingerprint density at radius 3 is 2.32 bits per heavy atom. The molecule has 1 aliphatic heterocycles. The topological polar surface area (TPSA) is 51.7 Å². The number of hydrogen-bond acceptors (Lipinski definition) is 4. The molecule has 1 saturated heterocycles. The van der Waals surface area contributed by atoms with Gasteiger partial charge in [0.1, 0.15) is 22.9 Å². The molecule has 1 amide bonds. The van der Waals surface area contributed by atoms with Crippen LogP contribution in [0.25, 0.3) is 0 Å². The zero-order valence-electron chi connectivity index (χ0n) is 14.5. The first kappa shape index (κ1) is 17.2. The van der Waals surface area contributed by atoms with Crippen molar-refractivity contribution in [1.82, 2.24) is 9.88 Å². The predicted octanol–water partition coefficient (Wildman–Crippen LogP) is 4.35. The Kier molecular flexibility index (Phi) is 4.61. The minimum Gasteiger partial charge on any atom is -0.456 e. The monoisotopic (exact) mass is 344 g/mol. The molecule has 0 atom stereocenters. The molecule has 1 aromatic heterocycles. The highest BCUT2D eigenvalue weighted by Crippen LogP contribution is 2.29. The SMILES string of the molecule is CC(C)(C)OC(=O)N1CC(c2ccc(Oc3ccc(F)cc3)cn2)C1. The fourth-order valence-electron chi connectivity index (χ4n) is 2.47. The molecule has 0 aliphatic carbocycles. The Morgan fingerprint density at radius 1 is 1.12 bits per heavy atom. The summed E-state index contributed by atoms with van der Waals surface area (Å²) in [4.78, 5) is 18.0. The van der Waals surface area contributed by atoms with E-state index in [2.05, 4.69) is 4.98 Å². The van der Waals surface area contributed by atoms with Gasteiger partial charge in [0.15, 0.2) is 0 Å². The molecule has 0 spiro atoms. The molecule has 6 heteroatoms. The highest BCUT2D eigenvalue weighted by Gasteiger charge is 2.35. The van der Waals surface area contributed by atoms with Crippen molar-refractivity contribution in [3.63, 3.8) is 0 Å². The van der Waals surface area contributed by atoms with Crippen LogP contribution in [0.15, 0.2) is 42.6 Å². The molecule has 5 nitrogen and oxygen atoms in total. The molecule has 0 radical (unpaired) electrons. The van der Waals surface area contributed by atoms with Gasteiger partial charge in [0.05, 0.1) is 6.20 Å². The number of halogens is 1. The van der Waals surface area contributed by atoms with Crippen LogP contribution in [0.1, 0.15) is 32.4 Å². The van der Waals surface area contributed by atoms with E-state index in [1.54, 1.807) is 23.2 Å². The molecule has 0 N–H and O–H groups in total. The Hall–Kier alpha value is -2.63. The van der Waals surface area contributed by atoms with Crippen molar-refractivity contribution in [2.24, 2.45) is 0 Å². The number of carbonyl (C=O) groups excluding carboxylic acids is 1. The van der Waals surface area contributed by atoms with E-state index in [0.717, 1.165) is 5.69 Å². The summed E-state index contributed by atoms with van der Waals surface area (Å²) in [5, 5.41) is 0. The van der Waals surface area contributed by atoms with Gasteiger partial charge in [-0.25, -0.2) is 9.18 Å². The fourth-order valence-corrected chi connectivity index (χ4v) is 2.47. The molecule has 132 valence electrons. The highest BCUT2D eigenvalue weighted by atomic mass is 19.1. The van der Waals surface area contributed by atoms with Gasteiger partial charge in [-0.05, 0) is 57.2 Å². The number of benzene rings is 1. The lowest BCUT2D eigenvalue weighted by molar-refractivity contribution is 0.00787. The lowest BCUT2D eigenvalue weighted by Gasteiger charge is -2.39. The largest absolute Gasteiger partial charge is 0.456 e. The zero-order chi connectivity index (χ0) is 18.0. The molecule has 0 unspecified atom stereocenters. The fraction of sp³-hybridized carbons (Fsp3) is 0.368. The maximum Gasteiger partial charge on any atom is 0.410 e. The lowest BCUT2D eigenvalue weighted by Crippen LogP contribution is -2.50. The molecular formula is C19H21FN2O3. The summed E-state index contributed by atoms with van der Waals surface area (Å²) in [6.07, 6.45) is 1.34. The van der Waals surface area contributed by atoms with Gasteiger partial charge in [-0.1, -0.05) is 0 Å². The van der Waals surface area contributed by atoms with Gasteiger partial charge in [-0.15, -0.1) is 0 Å². The smallest absolute Gasteiger partial charge is 0.410 e. The Morgan fingerprint density at radius 2 is 1.76 bits per heavy atom. The van der Waals surface area contributed by atoms with E-state index in [4.69, 9.17) is 9.47 Å². The summed E-state index contributed by atoms with van der Waals surface area (Å²) < 4.78 is 23.8. The van der Waals surface area contributed by atoms with Gasteiger partial charge in [0.2, 0.25) is 0 Å². The van der Waals surface area contributed by atoms with E-state index in [0.29, 0.717) is 24.6 Å². The molecule has 25 heavy (non-hydrogen) atoms. The molecule has 2 aromatic rings. The van der Waals surface area contributed by atoms with E-state index in [1.165, 1.54) is 12.1 Å². The maximum atomic E-state index is 12.9. The third kappa shape index (κ3) is 4.47. The normalized spacial score (nSPS) is 14.8. The van der Waals surface area contributed by atoms with Crippen molar-refractivity contribution in [2.45, 2.75) is 32.3 Å². The van der Waals surface area contributed by atoms with E-state index in [-0.39, 0.29) is 17.8 Å². The van der Waals surface area contributed by atoms with Crippen LogP contribution in [-0.4, -0.2) is 34.7 Å². The average molecular weight is 344 g/mol. The first-order valence-electron chi connectivity index (χ1n) is 8.17. The van der Waals surface area contributed by atoms with Crippen molar-refractivity contribution in [2.75, 3.05) is 13.1 Å². The van der Waals surface area contributed by atoms with Crippen LogP contribution in [0, 0.1) is 5.82 Å². The van der Waals surface area contributed by atoms with E-state index >= 15 is 0 Å². The second-order valence-corrected chi connectivity index (χ2v) is 7.06. The van der Waals surface area contributed by atoms with Gasteiger partial charge in [-0.3, -0.25) is 4.98 Å². The van der Waals surface area contributed by atoms with E-state index in [1.807, 2.05) is 32.9 Å². The summed E-state index contributed by atoms with van der Waals surface area (Å²) in [6, 6.07) is 9.52. The summed E-state index contributed by atoms with van der Waals surface area (Å²) in [6.45, 7) is 6.75. The van der Waals surface area contributed by atoms with Crippen molar-refractivity contribution >= 4 is 6.09 Å². The van der Waals surface area contributed by atoms with Crippen LogP contribution >= 0.6 is 0 Å². The first-order valence-corrected chi connectivity index (χ1v) is 8.17. The molecule has 1 fully saturated rings. The van der Waals surface area contributed by atoms with Crippen LogP contribution in [0.4, 0.5) is 9.18 Å². The zero-order valence-corrected chi connectivity index (χ0v) is 14.5. The van der Waals surface area contributed by atoms with Gasteiger partial charge in [-0.2, -0.15) is 0 Å². The quantitative estimate of drug-likeness (QED) is 0.831. The van der Waals surface area contributed by atoms with Crippen LogP contribution in [-0.2, 0) is 4.74 Å². The average Bonchev–Trinajstić information content (AvgIpc) is 2.48. The Labute approximate surface area is 146 Å². The number of rotatable bonds is 3. The minimum atomic E-state index is -0.486. The molecule has 2 heterocycles. The predicted molar refractivity (Wildman–Crippen MR) is 91.3 cm³/mol. The number of likely N-dealkylation sites (tertiary alicyclic amines) is 1. The number of ether oxygens (including phenoxy) is 2. The number of hydrogen-bond donors (Lipinski definition) is 0. The van der Waals surface area contributed by atoms with Crippen molar-refractivity contribution in [3.8, 4) is 11.5 Å². The molecule has 0 bridgehead atoms. The maximum absolute atomic E-state index is 12.9. The van der Waals surface area contributed by atoms with Gasteiger partial charge in [0, 0.05) is 24.7 Å². The van der Waals surface area contributed by atoms with Gasteiger partial charge >= 0.3 is 6.09 Å². The third-order valence-corrected chi connectivity index (χ3v) is 3.76. The standard InChI is InChI=1S/C19H21FN2O3/c1-19(2,3)25-18(23)22-11-13(12-22)17-9-8-16(10-21-17)24-15-6-4-14(20)5-7-15/h4-10,13H,11-12H2,1-3H3. The Bertz CT molecular complexity index is 733. The third-order valence-electron chi connectivity index (χ3n) is 3.76. The van der Waals surface area contributed by atoms with Crippen LogP contribution in [0.5, 0.6) is 11.5 Å². The minimum absolute atomic E-state index is 0.201. The van der Waals surface area contributed by atoms with Gasteiger partial charge in [0.25, 0.3) is 0 Å². The summed E-state index contributed by atoms with van der Waals surface area (Å²) in [5.74, 6) is 1.03. The highest BCUT2D eigenvalue weighted by molar-refractivity contribution is 5.69. The molecule has 1 aromatic carbocycles. The molecular weight excluding hydrogens is 323 g/mol. The number of carbonyl (C=O) groups is 1. The number of amides is 1. The molecule has 1 aliphatic rings. The number of nitrogens with zero attached hydrogens (tertiary/aromatic N) is 2. The Balaban J connectivity index is 1.54. The molecule has 3 rings (SSSR count). The van der Waals surface area contributed by atoms with Crippen molar-refractivity contribution in [3.05, 3.63) is 54.1 Å². The van der Waals surface area contributed by atoms with E-state index in [9.17, 15) is 9.18 Å². The van der Waals surface area contributed by atoms with Gasteiger partial charge < -0.3 is 14.4 Å². The van der Waals surface area contributed by atoms with Crippen LogP contribution < -0.4 is 4.74 Å². The second kappa shape index (κ2) is 6.70. The van der Waals surface area contributed by atoms with Crippen molar-refractivity contribution in [1.29, 1.82) is 0 Å². The van der Waals surface area contributed by atoms with Crippen LogP contribution in [0.2, 0.25) is 0 Å². The summed E-state index contributed by atoms with van der Waals surface area (Å²) >= 11 is 0. The second-order valence-electron chi connectivity index (χ2n) is 7.06. The van der Waals surface area contributed by atoms with Crippen LogP contribution in [0.3, 0.4) is 0 Å². The first-order chi connectivity index (χ1) is 11.8. The molecule has 0 saturated carbocycles. The van der Waals surface area contributed by atoms with Crippen molar-refractivity contribution < 1.29 is 18.7 Å². The summed E-state index contributed by atoms with van der Waals surface area (Å²) in [5.41, 5.74) is 0.422.